The van der Waals surface area contributed by atoms with E-state index < -0.39 is 35.6 Å². The molecule has 6 aromatic rings. The summed E-state index contributed by atoms with van der Waals surface area (Å²) in [6, 6.07) is 3.92. The van der Waals surface area contributed by atoms with Gasteiger partial charge in [0.2, 0.25) is 17.6 Å². The molecule has 6 rings (SSSR count). The molecule has 27 nitrogen and oxygen atoms in total. The molecule has 0 aromatic carbocycles. The molecule has 1 atom stereocenters. The number of hydrogen-bond acceptors (Lipinski definition) is 11. The number of imidazole rings is 3. The molecule has 0 aliphatic carbocycles. The van der Waals surface area contributed by atoms with Crippen LogP contribution in [0.3, 0.4) is 0 Å². The Bertz CT molecular complexity index is 2630. The summed E-state index contributed by atoms with van der Waals surface area (Å²) in [4.78, 5) is 90.4. The maximum absolute atomic E-state index is 13.3. The van der Waals surface area contributed by atoms with Gasteiger partial charge in [0.15, 0.2) is 17.5 Å². The van der Waals surface area contributed by atoms with Crippen LogP contribution in [0.4, 0.5) is 28.7 Å². The summed E-state index contributed by atoms with van der Waals surface area (Å²) in [5.41, 5.74) is 15.9. The molecule has 0 saturated carbocycles. The van der Waals surface area contributed by atoms with E-state index in [4.69, 9.17) is 11.5 Å². The number of anilines is 5. The number of aromatic nitrogens is 9. The number of amides is 6. The molecule has 14 N–H and O–H groups in total. The Kier molecular flexibility index (Phi) is 21.2. The largest absolute Gasteiger partial charge is 4.00 e. The van der Waals surface area contributed by atoms with Crippen molar-refractivity contribution in [3.05, 3.63) is 120 Å². The van der Waals surface area contributed by atoms with E-state index in [0.717, 1.165) is 0 Å². The summed E-state index contributed by atoms with van der Waals surface area (Å²) in [7, 11) is 11.7. The molecule has 0 saturated heterocycles. The van der Waals surface area contributed by atoms with Crippen molar-refractivity contribution in [3.63, 3.8) is 0 Å². The quantitative estimate of drug-likeness (QED) is 0.0655. The predicted octanol–water partition coefficient (Wildman–Crippen LogP) is 3.29. The molecule has 28 heteroatoms. The van der Waals surface area contributed by atoms with E-state index in [2.05, 4.69) is 57.5 Å². The molecule has 0 fully saturated rings. The molecule has 6 aromatic heterocycles. The van der Waals surface area contributed by atoms with Gasteiger partial charge in [-0.25, -0.2) is 15.0 Å². The number of nitrogens with zero attached hydrogens (tertiary/aromatic N) is 9. The number of nitrogens with one attached hydrogen (secondary N) is 10. The molecule has 0 aliphatic rings. The second-order valence-electron chi connectivity index (χ2n) is 14.3. The Balaban J connectivity index is 0.00000212. The molecule has 0 bridgehead atoms. The van der Waals surface area contributed by atoms with E-state index in [-0.39, 0.29) is 93.7 Å². The molecule has 6 heterocycles. The first-order valence-corrected chi connectivity index (χ1v) is 19.5. The van der Waals surface area contributed by atoms with E-state index in [1.807, 2.05) is 7.05 Å². The van der Waals surface area contributed by atoms with Crippen molar-refractivity contribution in [3.8, 4) is 0 Å². The van der Waals surface area contributed by atoms with Gasteiger partial charge in [-0.3, -0.25) is 28.8 Å². The summed E-state index contributed by atoms with van der Waals surface area (Å²) in [5.74, 6) is -2.75. The fraction of sp³-hybridized carbons (Fsp3) is 0.308. The van der Waals surface area contributed by atoms with Crippen molar-refractivity contribution >= 4 is 64.1 Å². The minimum absolute atomic E-state index is 0. The normalized spacial score (nSPS) is 10.8. The van der Waals surface area contributed by atoms with Gasteiger partial charge in [0, 0.05) is 98.4 Å². The topological polar surface area (TPSA) is 382 Å². The van der Waals surface area contributed by atoms with Crippen LogP contribution >= 0.6 is 0 Å². The molecule has 0 spiro atoms. The Morgan fingerprint density at radius 1 is 0.597 bits per heavy atom. The Morgan fingerprint density at radius 3 is 1.58 bits per heavy atom. The zero-order valence-corrected chi connectivity index (χ0v) is 40.0. The van der Waals surface area contributed by atoms with Gasteiger partial charge in [-0.15, -0.1) is 6.67 Å². The molecule has 0 radical (unpaired) electrons. The van der Waals surface area contributed by atoms with E-state index >= 15 is 0 Å². The van der Waals surface area contributed by atoms with E-state index in [1.54, 1.807) is 94.5 Å². The van der Waals surface area contributed by atoms with Crippen molar-refractivity contribution in [2.75, 3.05) is 53.5 Å². The third-order valence-corrected chi connectivity index (χ3v) is 9.32. The van der Waals surface area contributed by atoms with Crippen LogP contribution in [0, 0.1) is 0 Å². The minimum atomic E-state index is -0.891. The standard InChI is InChI=1S/C37H44N17O6.C2H7N2.2H2N.Pt/c1-49-11-8-21(15-49)42-33(56)25-14-23(17-52(25)4)44-34(57)26-13-22(16-51(26)3)43-32(55)24(41-20-38)7-9-40-35(58)30-45-27(18-53(30)5)48-37(60)31-46-28(19-54(31)6)47-36(59)29-39-10-12-50(29)2;1-4-2-3;;;/h8,10-19,24,38,41H,7,9,20H2,1-6H3,(H,40,58)(H,42,56)(H,43,55)(H,44,57)(H,47,59)(H,48,60);3-4H,2H2,1H3;2*1H2;/q4*-1;+4. The molecule has 0 aliphatic heterocycles. The molecule has 67 heavy (non-hydrogen) atoms. The number of carbonyl (C=O) groups is 6. The van der Waals surface area contributed by atoms with Crippen molar-refractivity contribution in [1.29, 1.82) is 0 Å². The number of carbonyl (C=O) groups excluding carboxylic acids is 6. The van der Waals surface area contributed by atoms with Crippen molar-refractivity contribution in [1.82, 2.24) is 58.3 Å². The summed E-state index contributed by atoms with van der Waals surface area (Å²) in [6.07, 6.45) is 12.8. The first-order valence-electron chi connectivity index (χ1n) is 19.5. The molecule has 6 amide bonds. The SMILES string of the molecule is CNC[NH-].Cn1ccc(NC(=O)c2cc(NC(=O)c3cc(NC(=O)C(CCNC(=O)c4nc(NC(=O)c5nc(NC(=O)c6nccn6C)cn5C)cn4C)NC[NH-])cn3C)cn2C)c1.[NH2-].[NH2-].[Pt+4]. The predicted molar refractivity (Wildman–Crippen MR) is 248 cm³/mol. The first kappa shape index (κ1) is 55.9. The summed E-state index contributed by atoms with van der Waals surface area (Å²) < 4.78 is 9.30. The van der Waals surface area contributed by atoms with Crippen LogP contribution in [0.25, 0.3) is 23.8 Å². The number of rotatable bonds is 17. The monoisotopic (exact) mass is 1110 g/mol. The van der Waals surface area contributed by atoms with Crippen molar-refractivity contribution in [2.24, 2.45) is 42.3 Å². The molecular formula is C39H55N21O6Pt. The Hall–Kier alpha value is -7.26. The zero-order chi connectivity index (χ0) is 46.7. The second kappa shape index (κ2) is 25.4. The van der Waals surface area contributed by atoms with Crippen LogP contribution in [0.1, 0.15) is 59.3 Å². The van der Waals surface area contributed by atoms with E-state index in [0.29, 0.717) is 29.4 Å². The van der Waals surface area contributed by atoms with Gasteiger partial charge in [0.25, 0.3) is 29.5 Å². The van der Waals surface area contributed by atoms with Gasteiger partial charge >= 0.3 is 21.1 Å². The number of aryl methyl sites for hydroxylation is 6. The van der Waals surface area contributed by atoms with Crippen LogP contribution in [0.2, 0.25) is 0 Å². The second-order valence-corrected chi connectivity index (χ2v) is 14.3. The average molecular weight is 1110 g/mol. The van der Waals surface area contributed by atoms with Gasteiger partial charge in [-0.2, -0.15) is 0 Å². The first-order chi connectivity index (χ1) is 30.5. The van der Waals surface area contributed by atoms with Gasteiger partial charge in [-0.1, -0.05) is 6.67 Å². The fourth-order valence-corrected chi connectivity index (χ4v) is 6.18. The minimum Gasteiger partial charge on any atom is -0.693 e. The molecule has 1 unspecified atom stereocenters. The number of nitrogens with two attached hydrogens (primary N) is 2. The molecular weight excluding hydrogens is 1050 g/mol. The third-order valence-electron chi connectivity index (χ3n) is 9.32. The van der Waals surface area contributed by atoms with Crippen LogP contribution in [-0.2, 0) is 68.1 Å². The summed E-state index contributed by atoms with van der Waals surface area (Å²) >= 11 is 0. The summed E-state index contributed by atoms with van der Waals surface area (Å²) in [5, 5.41) is 21.6. The van der Waals surface area contributed by atoms with Crippen LogP contribution in [0.5, 0.6) is 0 Å². The van der Waals surface area contributed by atoms with Gasteiger partial charge in [-0.05, 0) is 31.7 Å². The maximum Gasteiger partial charge on any atom is 4.00 e. The zero-order valence-electron chi connectivity index (χ0n) is 37.7. The average Bonchev–Trinajstić information content (AvgIpc) is 4.12. The van der Waals surface area contributed by atoms with Gasteiger partial charge in [0.1, 0.15) is 11.4 Å². The fourth-order valence-electron chi connectivity index (χ4n) is 6.18. The third kappa shape index (κ3) is 14.6. The van der Waals surface area contributed by atoms with Crippen LogP contribution in [0.15, 0.2) is 67.8 Å². The van der Waals surface area contributed by atoms with Crippen LogP contribution < -0.4 is 42.5 Å². The van der Waals surface area contributed by atoms with Gasteiger partial charge in [0.05, 0.1) is 23.1 Å². The summed E-state index contributed by atoms with van der Waals surface area (Å²) in [6.45, 7) is 0.0523. The van der Waals surface area contributed by atoms with Crippen molar-refractivity contribution in [2.45, 2.75) is 12.5 Å². The smallest absolute Gasteiger partial charge is 0.693 e. The maximum atomic E-state index is 13.3. The van der Waals surface area contributed by atoms with E-state index in [9.17, 15) is 28.8 Å². The van der Waals surface area contributed by atoms with Gasteiger partial charge < -0.3 is 93.7 Å². The molecule has 362 valence electrons. The van der Waals surface area contributed by atoms with Crippen molar-refractivity contribution < 1.29 is 49.8 Å². The Morgan fingerprint density at radius 2 is 1.10 bits per heavy atom. The Labute approximate surface area is 399 Å². The van der Waals surface area contributed by atoms with Crippen LogP contribution in [-0.4, -0.2) is 111 Å². The number of hydrogen-bond donors (Lipinski definition) is 8. The van der Waals surface area contributed by atoms with E-state index in [1.165, 1.54) is 42.9 Å².